The van der Waals surface area contributed by atoms with Crippen molar-refractivity contribution < 1.29 is 0 Å². The summed E-state index contributed by atoms with van der Waals surface area (Å²) >= 11 is 0. The highest BCUT2D eigenvalue weighted by Gasteiger charge is 2.19. The van der Waals surface area contributed by atoms with Crippen LogP contribution in [0.4, 0.5) is 0 Å². The number of hydrogen-bond donors (Lipinski definition) is 1. The highest BCUT2D eigenvalue weighted by molar-refractivity contribution is 5.04. The average Bonchev–Trinajstić information content (AvgIpc) is 2.47. The molecule has 92 valence electrons. The summed E-state index contributed by atoms with van der Waals surface area (Å²) in [6, 6.07) is 2.08. The fraction of sp³-hybridized carbons (Fsp3) is 0.769. The van der Waals surface area contributed by atoms with Crippen LogP contribution in [0.3, 0.4) is 0 Å². The summed E-state index contributed by atoms with van der Waals surface area (Å²) in [5.41, 5.74) is 7.53. The van der Waals surface area contributed by atoms with Crippen molar-refractivity contribution in [3.63, 3.8) is 0 Å². The first-order chi connectivity index (χ1) is 7.28. The van der Waals surface area contributed by atoms with Gasteiger partial charge in [0.15, 0.2) is 0 Å². The third-order valence-corrected chi connectivity index (χ3v) is 2.73. The van der Waals surface area contributed by atoms with Gasteiger partial charge in [-0.05, 0) is 30.2 Å². The molecule has 2 atom stereocenters. The first kappa shape index (κ1) is 13.2. The second-order valence-corrected chi connectivity index (χ2v) is 6.13. The highest BCUT2D eigenvalue weighted by Crippen LogP contribution is 2.29. The first-order valence-electron chi connectivity index (χ1n) is 6.03. The molecule has 0 aliphatic rings. The molecule has 1 heterocycles. The van der Waals surface area contributed by atoms with Crippen LogP contribution in [-0.4, -0.2) is 9.78 Å². The van der Waals surface area contributed by atoms with Gasteiger partial charge in [0.05, 0.1) is 5.69 Å². The van der Waals surface area contributed by atoms with Gasteiger partial charge in [0.25, 0.3) is 0 Å². The first-order valence-corrected chi connectivity index (χ1v) is 6.03. The Balaban J connectivity index is 2.48. The molecule has 0 fully saturated rings. The van der Waals surface area contributed by atoms with E-state index in [-0.39, 0.29) is 6.04 Å². The van der Waals surface area contributed by atoms with E-state index in [1.165, 1.54) is 6.42 Å². The Kier molecular flexibility index (Phi) is 4.14. The number of rotatable bonds is 4. The molecule has 0 bridgehead atoms. The predicted molar refractivity (Wildman–Crippen MR) is 68.0 cm³/mol. The maximum Gasteiger partial charge on any atom is 0.0791 e. The van der Waals surface area contributed by atoms with Crippen molar-refractivity contribution in [2.75, 3.05) is 0 Å². The maximum absolute atomic E-state index is 6.15. The van der Waals surface area contributed by atoms with Gasteiger partial charge in [-0.3, -0.25) is 4.68 Å². The fourth-order valence-electron chi connectivity index (χ4n) is 2.31. The molecule has 3 heteroatoms. The van der Waals surface area contributed by atoms with Crippen molar-refractivity contribution in [3.8, 4) is 0 Å². The molecule has 0 amide bonds. The van der Waals surface area contributed by atoms with Gasteiger partial charge in [-0.15, -0.1) is 0 Å². The Hall–Kier alpha value is -0.830. The van der Waals surface area contributed by atoms with E-state index < -0.39 is 0 Å². The van der Waals surface area contributed by atoms with Crippen LogP contribution in [0.2, 0.25) is 0 Å². The van der Waals surface area contributed by atoms with Crippen molar-refractivity contribution in [1.82, 2.24) is 9.78 Å². The summed E-state index contributed by atoms with van der Waals surface area (Å²) in [6.45, 7) is 9.09. The summed E-state index contributed by atoms with van der Waals surface area (Å²) in [7, 11) is 1.93. The topological polar surface area (TPSA) is 43.8 Å². The van der Waals surface area contributed by atoms with E-state index in [1.54, 1.807) is 0 Å². The third kappa shape index (κ3) is 4.35. The molecule has 16 heavy (non-hydrogen) atoms. The van der Waals surface area contributed by atoms with Crippen LogP contribution < -0.4 is 5.73 Å². The van der Waals surface area contributed by atoms with Crippen LogP contribution in [0.15, 0.2) is 12.3 Å². The Bertz CT molecular complexity index is 322. The minimum atomic E-state index is 0.0681. The second kappa shape index (κ2) is 5.00. The number of aromatic nitrogens is 2. The van der Waals surface area contributed by atoms with Gasteiger partial charge in [-0.2, -0.15) is 5.10 Å². The van der Waals surface area contributed by atoms with Crippen LogP contribution in [-0.2, 0) is 7.05 Å². The summed E-state index contributed by atoms with van der Waals surface area (Å²) < 4.78 is 1.81. The zero-order valence-electron chi connectivity index (χ0n) is 11.2. The van der Waals surface area contributed by atoms with E-state index >= 15 is 0 Å². The number of hydrogen-bond acceptors (Lipinski definition) is 2. The van der Waals surface area contributed by atoms with E-state index in [2.05, 4.69) is 32.8 Å². The molecule has 0 aliphatic heterocycles. The number of nitrogens with two attached hydrogens (primary N) is 1. The smallest absolute Gasteiger partial charge is 0.0791 e. The quantitative estimate of drug-likeness (QED) is 0.853. The molecule has 0 saturated carbocycles. The van der Waals surface area contributed by atoms with Crippen LogP contribution in [0.25, 0.3) is 0 Å². The van der Waals surface area contributed by atoms with Crippen LogP contribution in [0.5, 0.6) is 0 Å². The van der Waals surface area contributed by atoms with Crippen molar-refractivity contribution in [1.29, 1.82) is 0 Å². The van der Waals surface area contributed by atoms with Gasteiger partial charge >= 0.3 is 0 Å². The lowest BCUT2D eigenvalue weighted by Crippen LogP contribution is -2.18. The standard InChI is InChI=1S/C13H25N3/c1-10(9-13(2,3)4)8-11(14)12-6-7-16(5)15-12/h6-7,10-11H,8-9,14H2,1-5H3. The molecule has 0 radical (unpaired) electrons. The van der Waals surface area contributed by atoms with Crippen LogP contribution in [0, 0.1) is 11.3 Å². The lowest BCUT2D eigenvalue weighted by molar-refractivity contribution is 0.285. The summed E-state index contributed by atoms with van der Waals surface area (Å²) in [5.74, 6) is 0.636. The van der Waals surface area contributed by atoms with Crippen molar-refractivity contribution in [2.45, 2.75) is 46.6 Å². The van der Waals surface area contributed by atoms with Gasteiger partial charge in [-0.25, -0.2) is 0 Å². The van der Waals surface area contributed by atoms with E-state index in [9.17, 15) is 0 Å². The van der Waals surface area contributed by atoms with Gasteiger partial charge in [0.2, 0.25) is 0 Å². The fourth-order valence-corrected chi connectivity index (χ4v) is 2.31. The van der Waals surface area contributed by atoms with E-state index in [4.69, 9.17) is 5.73 Å². The Labute approximate surface area is 99.0 Å². The minimum Gasteiger partial charge on any atom is -0.323 e. The maximum atomic E-state index is 6.15. The van der Waals surface area contributed by atoms with Gasteiger partial charge < -0.3 is 5.73 Å². The average molecular weight is 223 g/mol. The van der Waals surface area contributed by atoms with Gasteiger partial charge in [0.1, 0.15) is 0 Å². The molecule has 1 aromatic rings. The van der Waals surface area contributed by atoms with Gasteiger partial charge in [-0.1, -0.05) is 27.7 Å². The molecule has 2 N–H and O–H groups in total. The molecular formula is C13H25N3. The predicted octanol–water partition coefficient (Wildman–Crippen LogP) is 2.88. The van der Waals surface area contributed by atoms with Crippen LogP contribution in [0.1, 0.15) is 52.3 Å². The third-order valence-electron chi connectivity index (χ3n) is 2.73. The normalized spacial score (nSPS) is 16.1. The SMILES string of the molecule is CC(CC(N)c1ccn(C)n1)CC(C)(C)C. The lowest BCUT2D eigenvalue weighted by Gasteiger charge is -2.24. The van der Waals surface area contributed by atoms with Crippen molar-refractivity contribution in [2.24, 2.45) is 24.1 Å². The Morgan fingerprint density at radius 3 is 2.50 bits per heavy atom. The van der Waals surface area contributed by atoms with E-state index in [1.807, 2.05) is 24.0 Å². The van der Waals surface area contributed by atoms with Gasteiger partial charge in [0, 0.05) is 19.3 Å². The van der Waals surface area contributed by atoms with E-state index in [0.717, 1.165) is 12.1 Å². The highest BCUT2D eigenvalue weighted by atomic mass is 15.3. The molecule has 0 aromatic carbocycles. The van der Waals surface area contributed by atoms with Crippen molar-refractivity contribution >= 4 is 0 Å². The second-order valence-electron chi connectivity index (χ2n) is 6.13. The number of nitrogens with zero attached hydrogens (tertiary/aromatic N) is 2. The molecular weight excluding hydrogens is 198 g/mol. The largest absolute Gasteiger partial charge is 0.323 e. The zero-order valence-corrected chi connectivity index (χ0v) is 11.2. The molecule has 3 nitrogen and oxygen atoms in total. The minimum absolute atomic E-state index is 0.0681. The molecule has 1 rings (SSSR count). The molecule has 2 unspecified atom stereocenters. The molecule has 1 aromatic heterocycles. The van der Waals surface area contributed by atoms with Crippen molar-refractivity contribution in [3.05, 3.63) is 18.0 Å². The molecule has 0 saturated heterocycles. The lowest BCUT2D eigenvalue weighted by atomic mass is 9.83. The van der Waals surface area contributed by atoms with E-state index in [0.29, 0.717) is 11.3 Å². The summed E-state index contributed by atoms with van der Waals surface area (Å²) in [5, 5.41) is 4.35. The molecule has 0 spiro atoms. The summed E-state index contributed by atoms with van der Waals surface area (Å²) in [4.78, 5) is 0. The molecule has 0 aliphatic carbocycles. The number of aryl methyl sites for hydroxylation is 1. The Morgan fingerprint density at radius 1 is 1.44 bits per heavy atom. The Morgan fingerprint density at radius 2 is 2.06 bits per heavy atom. The summed E-state index contributed by atoms with van der Waals surface area (Å²) in [6.07, 6.45) is 4.16. The zero-order chi connectivity index (χ0) is 12.3. The monoisotopic (exact) mass is 223 g/mol. The van der Waals surface area contributed by atoms with Crippen LogP contribution >= 0.6 is 0 Å².